The summed E-state index contributed by atoms with van der Waals surface area (Å²) in [5.41, 5.74) is 0.136. The third kappa shape index (κ3) is 4.26. The first-order chi connectivity index (χ1) is 11.1. The molecule has 0 radical (unpaired) electrons. The lowest BCUT2D eigenvalue weighted by molar-refractivity contribution is -0.127. The van der Waals surface area contributed by atoms with Gasteiger partial charge in [0.1, 0.15) is 5.75 Å². The van der Waals surface area contributed by atoms with Crippen LogP contribution in [0.4, 0.5) is 0 Å². The Morgan fingerprint density at radius 3 is 2.96 bits per heavy atom. The van der Waals surface area contributed by atoms with Crippen LogP contribution in [0.25, 0.3) is 0 Å². The van der Waals surface area contributed by atoms with E-state index in [4.69, 9.17) is 16.3 Å². The molecule has 3 rings (SSSR count). The first-order valence-electron chi connectivity index (χ1n) is 7.74. The number of hydrogen-bond donors (Lipinski definition) is 1. The molecule has 1 saturated carbocycles. The van der Waals surface area contributed by atoms with E-state index in [0.717, 1.165) is 19.4 Å². The van der Waals surface area contributed by atoms with Crippen LogP contribution < -0.4 is 10.1 Å². The standard InChI is InChI=1S/C17H20ClN3O2/c1-13(23-15-5-2-4-14(18)10-15)16(22)19-11-17(6-7-17)12-21-9-3-8-20-21/h2-5,8-10,13H,6-7,11-12H2,1H3,(H,19,22). The third-order valence-electron chi connectivity index (χ3n) is 4.13. The summed E-state index contributed by atoms with van der Waals surface area (Å²) >= 11 is 5.92. The van der Waals surface area contributed by atoms with E-state index < -0.39 is 6.10 Å². The van der Waals surface area contributed by atoms with Crippen molar-refractivity contribution >= 4 is 17.5 Å². The van der Waals surface area contributed by atoms with Gasteiger partial charge in [-0.1, -0.05) is 17.7 Å². The Bertz CT molecular complexity index is 668. The summed E-state index contributed by atoms with van der Waals surface area (Å²) in [5, 5.41) is 7.82. The van der Waals surface area contributed by atoms with Gasteiger partial charge in [0.05, 0.1) is 0 Å². The molecule has 0 bridgehead atoms. The molecule has 0 aliphatic heterocycles. The lowest BCUT2D eigenvalue weighted by atomic mass is 10.1. The van der Waals surface area contributed by atoms with Gasteiger partial charge in [0, 0.05) is 35.9 Å². The van der Waals surface area contributed by atoms with Gasteiger partial charge in [0.2, 0.25) is 0 Å². The molecule has 2 aromatic rings. The predicted molar refractivity (Wildman–Crippen MR) is 88.4 cm³/mol. The van der Waals surface area contributed by atoms with Gasteiger partial charge in [0.25, 0.3) is 5.91 Å². The minimum absolute atomic E-state index is 0.114. The highest BCUT2D eigenvalue weighted by Gasteiger charge is 2.43. The smallest absolute Gasteiger partial charge is 0.260 e. The van der Waals surface area contributed by atoms with Crippen molar-refractivity contribution < 1.29 is 9.53 Å². The molecule has 1 N–H and O–H groups in total. The lowest BCUT2D eigenvalue weighted by Gasteiger charge is -2.19. The molecule has 1 unspecified atom stereocenters. The molecular weight excluding hydrogens is 314 g/mol. The van der Waals surface area contributed by atoms with Gasteiger partial charge in [-0.15, -0.1) is 0 Å². The van der Waals surface area contributed by atoms with Gasteiger partial charge in [-0.2, -0.15) is 5.10 Å². The average Bonchev–Trinajstić information content (AvgIpc) is 3.09. The number of hydrogen-bond acceptors (Lipinski definition) is 3. The fraction of sp³-hybridized carbons (Fsp3) is 0.412. The van der Waals surface area contributed by atoms with Crippen LogP contribution in [0.1, 0.15) is 19.8 Å². The minimum Gasteiger partial charge on any atom is -0.481 e. The van der Waals surface area contributed by atoms with Crippen LogP contribution in [0.3, 0.4) is 0 Å². The topological polar surface area (TPSA) is 56.1 Å². The Morgan fingerprint density at radius 2 is 2.30 bits per heavy atom. The number of benzene rings is 1. The van der Waals surface area contributed by atoms with Crippen molar-refractivity contribution in [2.75, 3.05) is 6.54 Å². The molecule has 1 fully saturated rings. The summed E-state index contributed by atoms with van der Waals surface area (Å²) in [7, 11) is 0. The molecule has 0 saturated heterocycles. The van der Waals surface area contributed by atoms with Crippen molar-refractivity contribution in [3.63, 3.8) is 0 Å². The molecule has 1 atom stereocenters. The van der Waals surface area contributed by atoms with Gasteiger partial charge in [-0.25, -0.2) is 0 Å². The van der Waals surface area contributed by atoms with E-state index in [0.29, 0.717) is 17.3 Å². The number of ether oxygens (including phenoxy) is 1. The number of nitrogens with one attached hydrogen (secondary N) is 1. The SMILES string of the molecule is CC(Oc1cccc(Cl)c1)C(=O)NCC1(Cn2cccn2)CC1. The van der Waals surface area contributed by atoms with E-state index in [1.54, 1.807) is 37.4 Å². The quantitative estimate of drug-likeness (QED) is 0.847. The number of carbonyl (C=O) groups excluding carboxylic acids is 1. The first kappa shape index (κ1) is 15.9. The molecule has 1 amide bonds. The molecule has 1 heterocycles. The number of halogens is 1. The highest BCUT2D eigenvalue weighted by atomic mass is 35.5. The summed E-state index contributed by atoms with van der Waals surface area (Å²) in [6.07, 6.45) is 5.38. The zero-order valence-corrected chi connectivity index (χ0v) is 13.8. The van der Waals surface area contributed by atoms with Gasteiger partial charge < -0.3 is 10.1 Å². The van der Waals surface area contributed by atoms with Crippen molar-refractivity contribution in [3.05, 3.63) is 47.7 Å². The Labute approximate surface area is 140 Å². The van der Waals surface area contributed by atoms with Crippen molar-refractivity contribution in [3.8, 4) is 5.75 Å². The number of rotatable bonds is 7. The summed E-state index contributed by atoms with van der Waals surface area (Å²) < 4.78 is 7.56. The van der Waals surface area contributed by atoms with Crippen molar-refractivity contribution in [1.29, 1.82) is 0 Å². The maximum Gasteiger partial charge on any atom is 0.260 e. The van der Waals surface area contributed by atoms with E-state index in [1.165, 1.54) is 0 Å². The van der Waals surface area contributed by atoms with E-state index in [9.17, 15) is 4.79 Å². The fourth-order valence-electron chi connectivity index (χ4n) is 2.52. The molecule has 1 aromatic carbocycles. The zero-order valence-electron chi connectivity index (χ0n) is 13.0. The van der Waals surface area contributed by atoms with Crippen LogP contribution in [0.5, 0.6) is 5.75 Å². The normalized spacial score (nSPS) is 16.6. The van der Waals surface area contributed by atoms with Crippen molar-refractivity contribution in [2.45, 2.75) is 32.4 Å². The first-order valence-corrected chi connectivity index (χ1v) is 8.12. The Hall–Kier alpha value is -2.01. The predicted octanol–water partition coefficient (Wildman–Crippen LogP) is 2.90. The molecular formula is C17H20ClN3O2. The Kier molecular flexibility index (Phi) is 4.57. The van der Waals surface area contributed by atoms with Crippen molar-refractivity contribution in [1.82, 2.24) is 15.1 Å². The molecule has 1 aliphatic rings. The maximum absolute atomic E-state index is 12.2. The summed E-state index contributed by atoms with van der Waals surface area (Å²) in [6.45, 7) is 3.22. The number of aromatic nitrogens is 2. The van der Waals surface area contributed by atoms with Crippen molar-refractivity contribution in [2.24, 2.45) is 5.41 Å². The van der Waals surface area contributed by atoms with Crippen LogP contribution in [0.2, 0.25) is 5.02 Å². The highest BCUT2D eigenvalue weighted by molar-refractivity contribution is 6.30. The monoisotopic (exact) mass is 333 g/mol. The highest BCUT2D eigenvalue weighted by Crippen LogP contribution is 2.46. The van der Waals surface area contributed by atoms with Crippen LogP contribution in [-0.2, 0) is 11.3 Å². The zero-order chi connectivity index (χ0) is 16.3. The van der Waals surface area contributed by atoms with Crippen LogP contribution >= 0.6 is 11.6 Å². The Morgan fingerprint density at radius 1 is 1.48 bits per heavy atom. The molecule has 1 aliphatic carbocycles. The number of amides is 1. The molecule has 1 aromatic heterocycles. The number of carbonyl (C=O) groups is 1. The largest absolute Gasteiger partial charge is 0.481 e. The van der Waals surface area contributed by atoms with E-state index in [2.05, 4.69) is 10.4 Å². The number of nitrogens with zero attached hydrogens (tertiary/aromatic N) is 2. The molecule has 6 heteroatoms. The van der Waals surface area contributed by atoms with Gasteiger partial charge in [0.15, 0.2) is 6.10 Å². The van der Waals surface area contributed by atoms with Crippen LogP contribution in [-0.4, -0.2) is 28.3 Å². The van der Waals surface area contributed by atoms with E-state index >= 15 is 0 Å². The third-order valence-corrected chi connectivity index (χ3v) is 4.36. The van der Waals surface area contributed by atoms with Gasteiger partial charge in [-0.05, 0) is 44.0 Å². The summed E-state index contributed by atoms with van der Waals surface area (Å²) in [6, 6.07) is 8.97. The molecule has 23 heavy (non-hydrogen) atoms. The van der Waals surface area contributed by atoms with E-state index in [1.807, 2.05) is 16.9 Å². The fourth-order valence-corrected chi connectivity index (χ4v) is 2.70. The van der Waals surface area contributed by atoms with E-state index in [-0.39, 0.29) is 11.3 Å². The summed E-state index contributed by atoms with van der Waals surface area (Å²) in [4.78, 5) is 12.2. The lowest BCUT2D eigenvalue weighted by Crippen LogP contribution is -2.40. The van der Waals surface area contributed by atoms with Gasteiger partial charge >= 0.3 is 0 Å². The summed E-state index contributed by atoms with van der Waals surface area (Å²) in [5.74, 6) is 0.481. The maximum atomic E-state index is 12.2. The molecule has 5 nitrogen and oxygen atoms in total. The van der Waals surface area contributed by atoms with Gasteiger partial charge in [-0.3, -0.25) is 9.48 Å². The second kappa shape index (κ2) is 6.62. The second-order valence-corrected chi connectivity index (χ2v) is 6.58. The molecule has 122 valence electrons. The van der Waals surface area contributed by atoms with Crippen LogP contribution in [0.15, 0.2) is 42.7 Å². The minimum atomic E-state index is -0.561. The second-order valence-electron chi connectivity index (χ2n) is 6.14. The Balaban J connectivity index is 1.49. The van der Waals surface area contributed by atoms with Crippen LogP contribution in [0, 0.1) is 5.41 Å². The average molecular weight is 334 g/mol. The molecule has 0 spiro atoms.